The Bertz CT molecular complexity index is 924. The third-order valence-corrected chi connectivity index (χ3v) is 6.19. The van der Waals surface area contributed by atoms with E-state index in [2.05, 4.69) is 30.2 Å². The Labute approximate surface area is 185 Å². The molecule has 0 saturated carbocycles. The second kappa shape index (κ2) is 10.1. The average Bonchev–Trinajstić information content (AvgIpc) is 3.06. The number of ether oxygens (including phenoxy) is 1. The van der Waals surface area contributed by atoms with E-state index in [1.165, 1.54) is 0 Å². The summed E-state index contributed by atoms with van der Waals surface area (Å²) in [4.78, 5) is 29.7. The highest BCUT2D eigenvalue weighted by Gasteiger charge is 2.24. The number of Topliss-reactive ketones (excluding diaryl/α,β-unsaturated/α-hetero) is 1. The Balaban J connectivity index is 1.50. The molecule has 1 amide bonds. The van der Waals surface area contributed by atoms with E-state index < -0.39 is 0 Å². The molecule has 1 saturated heterocycles. The zero-order chi connectivity index (χ0) is 22.5. The van der Waals surface area contributed by atoms with E-state index in [0.717, 1.165) is 41.4 Å². The molecule has 2 aromatic rings. The maximum Gasteiger partial charge on any atom is 0.222 e. The molecule has 3 rings (SSSR count). The summed E-state index contributed by atoms with van der Waals surface area (Å²) in [6, 6.07) is 10.2. The summed E-state index contributed by atoms with van der Waals surface area (Å²) in [5.74, 6) is 1.16. The largest absolute Gasteiger partial charge is 0.496 e. The molecular weight excluding hydrogens is 390 g/mol. The molecule has 6 heteroatoms. The van der Waals surface area contributed by atoms with E-state index in [-0.39, 0.29) is 11.7 Å². The first-order valence-electron chi connectivity index (χ1n) is 11.2. The Morgan fingerprint density at radius 1 is 1.06 bits per heavy atom. The van der Waals surface area contributed by atoms with Crippen LogP contribution in [-0.4, -0.2) is 65.9 Å². The number of nitrogens with zero attached hydrogens (tertiary/aromatic N) is 3. The molecule has 0 unspecified atom stereocenters. The van der Waals surface area contributed by atoms with E-state index in [1.54, 1.807) is 7.11 Å². The summed E-state index contributed by atoms with van der Waals surface area (Å²) in [5, 5.41) is 0. The number of amides is 1. The molecule has 1 fully saturated rings. The third-order valence-electron chi connectivity index (χ3n) is 6.19. The summed E-state index contributed by atoms with van der Waals surface area (Å²) in [6.45, 7) is 11.6. The molecular formula is C25H35N3O3. The van der Waals surface area contributed by atoms with Gasteiger partial charge in [0.05, 0.1) is 13.7 Å². The minimum absolute atomic E-state index is 0.163. The number of piperazine rings is 1. The lowest BCUT2D eigenvalue weighted by molar-refractivity contribution is -0.132. The Kier molecular flexibility index (Phi) is 7.55. The number of aryl methyl sites for hydroxylation is 2. The monoisotopic (exact) mass is 425 g/mol. The van der Waals surface area contributed by atoms with Gasteiger partial charge in [0.15, 0.2) is 5.78 Å². The Morgan fingerprint density at radius 2 is 1.74 bits per heavy atom. The first kappa shape index (κ1) is 23.1. The van der Waals surface area contributed by atoms with Gasteiger partial charge in [0.25, 0.3) is 0 Å². The number of aromatic nitrogens is 1. The number of benzene rings is 1. The van der Waals surface area contributed by atoms with Crippen molar-refractivity contribution in [2.75, 3.05) is 39.8 Å². The molecule has 168 valence electrons. The lowest BCUT2D eigenvalue weighted by Crippen LogP contribution is -2.50. The lowest BCUT2D eigenvalue weighted by atomic mass is 10.1. The van der Waals surface area contributed by atoms with Gasteiger partial charge in [-0.25, -0.2) is 0 Å². The van der Waals surface area contributed by atoms with E-state index in [4.69, 9.17) is 4.74 Å². The quantitative estimate of drug-likeness (QED) is 0.606. The number of para-hydroxylation sites is 1. The maximum absolute atomic E-state index is 12.9. The Hall–Kier alpha value is -2.60. The summed E-state index contributed by atoms with van der Waals surface area (Å²) >= 11 is 0. The number of carbonyl (C=O) groups excluding carboxylic acids is 2. The smallest absolute Gasteiger partial charge is 0.222 e. The molecule has 0 aliphatic carbocycles. The van der Waals surface area contributed by atoms with Gasteiger partial charge in [0.1, 0.15) is 5.75 Å². The van der Waals surface area contributed by atoms with Gasteiger partial charge < -0.3 is 14.2 Å². The topological polar surface area (TPSA) is 54.8 Å². The number of methoxy groups -OCH3 is 1. The molecule has 0 bridgehead atoms. The molecule has 0 spiro atoms. The fourth-order valence-corrected chi connectivity index (χ4v) is 4.61. The van der Waals surface area contributed by atoms with Crippen LogP contribution in [0.5, 0.6) is 5.75 Å². The van der Waals surface area contributed by atoms with Gasteiger partial charge in [0, 0.05) is 55.6 Å². The van der Waals surface area contributed by atoms with Crippen molar-refractivity contribution < 1.29 is 14.3 Å². The number of carbonyl (C=O) groups is 2. The van der Waals surface area contributed by atoms with Crippen molar-refractivity contribution in [2.45, 2.75) is 46.6 Å². The van der Waals surface area contributed by atoms with E-state index >= 15 is 0 Å². The zero-order valence-electron chi connectivity index (χ0n) is 19.5. The van der Waals surface area contributed by atoms with Gasteiger partial charge in [-0.05, 0) is 51.8 Å². The average molecular weight is 426 g/mol. The molecule has 1 aliphatic rings. The molecule has 6 nitrogen and oxygen atoms in total. The van der Waals surface area contributed by atoms with Gasteiger partial charge in [-0.15, -0.1) is 0 Å². The second-order valence-corrected chi connectivity index (χ2v) is 8.64. The van der Waals surface area contributed by atoms with Crippen molar-refractivity contribution in [1.29, 1.82) is 0 Å². The zero-order valence-corrected chi connectivity index (χ0v) is 19.5. The van der Waals surface area contributed by atoms with Crippen LogP contribution in [-0.2, 0) is 11.2 Å². The van der Waals surface area contributed by atoms with Gasteiger partial charge in [0.2, 0.25) is 5.91 Å². The molecule has 1 aromatic carbocycles. The summed E-state index contributed by atoms with van der Waals surface area (Å²) in [6.07, 6.45) is 1.15. The van der Waals surface area contributed by atoms with Crippen LogP contribution in [0, 0.1) is 13.8 Å². The summed E-state index contributed by atoms with van der Waals surface area (Å²) in [5.41, 5.74) is 4.05. The van der Waals surface area contributed by atoms with Crippen LogP contribution in [0.1, 0.15) is 53.6 Å². The SMILES string of the molecule is COc1ccccc1CCC(=O)N1CCN(CC(=O)c2cc(C)n(C(C)C)c2C)CC1. The highest BCUT2D eigenvalue weighted by atomic mass is 16.5. The minimum atomic E-state index is 0.163. The Morgan fingerprint density at radius 3 is 2.35 bits per heavy atom. The first-order chi connectivity index (χ1) is 14.8. The number of ketones is 1. The van der Waals surface area contributed by atoms with Crippen molar-refractivity contribution in [1.82, 2.24) is 14.4 Å². The van der Waals surface area contributed by atoms with Crippen molar-refractivity contribution in [3.63, 3.8) is 0 Å². The van der Waals surface area contributed by atoms with Crippen LogP contribution >= 0.6 is 0 Å². The third kappa shape index (κ3) is 5.37. The highest BCUT2D eigenvalue weighted by Crippen LogP contribution is 2.22. The minimum Gasteiger partial charge on any atom is -0.496 e. The highest BCUT2D eigenvalue weighted by molar-refractivity contribution is 5.99. The number of hydrogen-bond acceptors (Lipinski definition) is 4. The van der Waals surface area contributed by atoms with Crippen LogP contribution in [0.15, 0.2) is 30.3 Å². The van der Waals surface area contributed by atoms with Crippen LogP contribution in [0.4, 0.5) is 0 Å². The summed E-state index contributed by atoms with van der Waals surface area (Å²) in [7, 11) is 1.65. The molecule has 31 heavy (non-hydrogen) atoms. The van der Waals surface area contributed by atoms with Gasteiger partial charge >= 0.3 is 0 Å². The number of rotatable bonds is 8. The van der Waals surface area contributed by atoms with Crippen LogP contribution in [0.2, 0.25) is 0 Å². The van der Waals surface area contributed by atoms with E-state index in [1.807, 2.05) is 42.2 Å². The predicted octanol–water partition coefficient (Wildman–Crippen LogP) is 3.65. The molecule has 1 aliphatic heterocycles. The molecule has 0 radical (unpaired) electrons. The van der Waals surface area contributed by atoms with Gasteiger partial charge in [-0.1, -0.05) is 18.2 Å². The van der Waals surface area contributed by atoms with Gasteiger partial charge in [-0.2, -0.15) is 0 Å². The first-order valence-corrected chi connectivity index (χ1v) is 11.2. The lowest BCUT2D eigenvalue weighted by Gasteiger charge is -2.34. The van der Waals surface area contributed by atoms with Crippen molar-refractivity contribution in [2.24, 2.45) is 0 Å². The van der Waals surface area contributed by atoms with Crippen molar-refractivity contribution in [3.05, 3.63) is 52.8 Å². The van der Waals surface area contributed by atoms with E-state index in [9.17, 15) is 9.59 Å². The molecule has 0 atom stereocenters. The number of hydrogen-bond donors (Lipinski definition) is 0. The molecule has 2 heterocycles. The maximum atomic E-state index is 12.9. The predicted molar refractivity (Wildman–Crippen MR) is 123 cm³/mol. The fraction of sp³-hybridized carbons (Fsp3) is 0.520. The standard InChI is InChI=1S/C25H35N3O3/c1-18(2)28-19(3)16-22(20(28)4)23(29)17-26-12-14-27(15-13-26)25(30)11-10-21-8-6-7-9-24(21)31-5/h6-9,16,18H,10-15,17H2,1-5H3. The normalized spacial score (nSPS) is 14.8. The van der Waals surface area contributed by atoms with Crippen molar-refractivity contribution >= 4 is 11.7 Å². The summed E-state index contributed by atoms with van der Waals surface area (Å²) < 4.78 is 7.59. The van der Waals surface area contributed by atoms with Crippen LogP contribution < -0.4 is 4.74 Å². The second-order valence-electron chi connectivity index (χ2n) is 8.64. The fourth-order valence-electron chi connectivity index (χ4n) is 4.61. The molecule has 1 aromatic heterocycles. The van der Waals surface area contributed by atoms with Crippen molar-refractivity contribution in [3.8, 4) is 5.75 Å². The van der Waals surface area contributed by atoms with Gasteiger partial charge in [-0.3, -0.25) is 14.5 Å². The van der Waals surface area contributed by atoms with E-state index in [0.29, 0.717) is 38.5 Å². The van der Waals surface area contributed by atoms with Crippen LogP contribution in [0.3, 0.4) is 0 Å². The van der Waals surface area contributed by atoms with Crippen LogP contribution in [0.25, 0.3) is 0 Å². The molecule has 0 N–H and O–H groups in total.